The predicted octanol–water partition coefficient (Wildman–Crippen LogP) is 13.6. The first-order valence-corrected chi connectivity index (χ1v) is 18.6. The van der Waals surface area contributed by atoms with Crippen molar-refractivity contribution < 1.29 is 0 Å². The minimum Gasteiger partial charge on any atom is -0.310 e. The molecule has 1 aromatic heterocycles. The third-order valence-corrected chi connectivity index (χ3v) is 11.0. The van der Waals surface area contributed by atoms with Crippen LogP contribution >= 0.6 is 0 Å². The summed E-state index contributed by atoms with van der Waals surface area (Å²) in [5.41, 5.74) is 16.6. The van der Waals surface area contributed by atoms with Gasteiger partial charge < -0.3 is 4.90 Å². The van der Waals surface area contributed by atoms with E-state index in [1.54, 1.807) is 0 Å². The van der Waals surface area contributed by atoms with Crippen molar-refractivity contribution in [2.24, 2.45) is 0 Å². The topological polar surface area (TPSA) is 29.0 Å². The molecule has 3 nitrogen and oxygen atoms in total. The van der Waals surface area contributed by atoms with Gasteiger partial charge in [-0.3, -0.25) is 0 Å². The lowest BCUT2D eigenvalue weighted by Gasteiger charge is -2.28. The number of aromatic nitrogens is 2. The van der Waals surface area contributed by atoms with Crippen LogP contribution in [0.25, 0.3) is 66.6 Å². The summed E-state index contributed by atoms with van der Waals surface area (Å²) in [6.45, 7) is 4.72. The summed E-state index contributed by atoms with van der Waals surface area (Å²) in [4.78, 5) is 13.1. The number of anilines is 3. The Morgan fingerprint density at radius 1 is 0.426 bits per heavy atom. The van der Waals surface area contributed by atoms with E-state index < -0.39 is 0 Å². The molecule has 10 rings (SSSR count). The molecule has 0 N–H and O–H groups in total. The maximum absolute atomic E-state index is 5.43. The highest BCUT2D eigenvalue weighted by atomic mass is 15.1. The molecule has 8 aromatic carbocycles. The van der Waals surface area contributed by atoms with Gasteiger partial charge in [0.15, 0.2) is 0 Å². The van der Waals surface area contributed by atoms with Gasteiger partial charge in [-0.25, -0.2) is 9.97 Å². The van der Waals surface area contributed by atoms with Gasteiger partial charge in [-0.1, -0.05) is 153 Å². The number of benzene rings is 8. The highest BCUT2D eigenvalue weighted by Gasteiger charge is 2.37. The van der Waals surface area contributed by atoms with Gasteiger partial charge in [0.05, 0.1) is 22.4 Å². The molecule has 0 unspecified atom stereocenters. The maximum Gasteiger partial charge on any atom is 0.0973 e. The van der Waals surface area contributed by atoms with Gasteiger partial charge in [0.25, 0.3) is 0 Å². The van der Waals surface area contributed by atoms with Crippen molar-refractivity contribution in [2.75, 3.05) is 4.90 Å². The number of rotatable bonds is 6. The first-order chi connectivity index (χ1) is 26.5. The van der Waals surface area contributed by atoms with Crippen LogP contribution in [-0.4, -0.2) is 9.97 Å². The van der Waals surface area contributed by atoms with Crippen LogP contribution in [0.3, 0.4) is 0 Å². The zero-order valence-electron chi connectivity index (χ0n) is 30.2. The Morgan fingerprint density at radius 2 is 1.02 bits per heavy atom. The van der Waals surface area contributed by atoms with E-state index >= 15 is 0 Å². The normalized spacial score (nSPS) is 12.8. The Hall–Kier alpha value is -6.84. The molecule has 256 valence electrons. The van der Waals surface area contributed by atoms with Crippen molar-refractivity contribution in [3.05, 3.63) is 199 Å². The summed E-state index contributed by atoms with van der Waals surface area (Å²) < 4.78 is 0. The van der Waals surface area contributed by atoms with Crippen LogP contribution in [0.15, 0.2) is 188 Å². The van der Waals surface area contributed by atoms with Crippen LogP contribution < -0.4 is 4.90 Å². The Bertz CT molecular complexity index is 2790. The summed E-state index contributed by atoms with van der Waals surface area (Å²) >= 11 is 0. The van der Waals surface area contributed by atoms with Gasteiger partial charge in [-0.05, 0) is 87.3 Å². The van der Waals surface area contributed by atoms with Crippen LogP contribution in [0, 0.1) is 0 Å². The molecular weight excluding hydrogens is 655 g/mol. The van der Waals surface area contributed by atoms with Gasteiger partial charge in [-0.15, -0.1) is 0 Å². The zero-order chi connectivity index (χ0) is 36.2. The second-order valence-electron chi connectivity index (χ2n) is 14.6. The molecular formula is C51H37N3. The molecule has 0 saturated carbocycles. The quantitative estimate of drug-likeness (QED) is 0.163. The van der Waals surface area contributed by atoms with Crippen LogP contribution in [-0.2, 0) is 5.41 Å². The van der Waals surface area contributed by atoms with Crippen molar-refractivity contribution in [3.8, 4) is 44.8 Å². The average Bonchev–Trinajstić information content (AvgIpc) is 3.47. The second-order valence-corrected chi connectivity index (χ2v) is 14.6. The number of fused-ring (bicyclic) bond motifs is 6. The molecule has 1 aliphatic rings. The Kier molecular flexibility index (Phi) is 7.48. The molecule has 9 aromatic rings. The molecule has 0 aliphatic heterocycles. The molecule has 0 radical (unpaired) electrons. The fourth-order valence-electron chi connectivity index (χ4n) is 8.36. The lowest BCUT2D eigenvalue weighted by molar-refractivity contribution is 0.660. The van der Waals surface area contributed by atoms with E-state index in [4.69, 9.17) is 9.97 Å². The molecule has 0 spiro atoms. The van der Waals surface area contributed by atoms with Gasteiger partial charge in [0, 0.05) is 39.0 Å². The third kappa shape index (κ3) is 5.20. The molecule has 1 heterocycles. The van der Waals surface area contributed by atoms with Gasteiger partial charge >= 0.3 is 0 Å². The molecule has 0 atom stereocenters. The van der Waals surface area contributed by atoms with E-state index in [0.29, 0.717) is 0 Å². The van der Waals surface area contributed by atoms with E-state index in [1.165, 1.54) is 33.4 Å². The van der Waals surface area contributed by atoms with Crippen molar-refractivity contribution in [2.45, 2.75) is 19.3 Å². The van der Waals surface area contributed by atoms with Crippen LogP contribution in [0.4, 0.5) is 17.1 Å². The SMILES string of the molecule is CC1(C)c2cc(N(c3ccccc3)c3ccccc3)ccc2-c2c(-c3ccc4ccc5nc(-c6ccccc6)c(-c6ccccc6)nc5c4c3)cccc21. The Balaban J connectivity index is 1.14. The second kappa shape index (κ2) is 12.7. The first-order valence-electron chi connectivity index (χ1n) is 18.6. The van der Waals surface area contributed by atoms with Crippen molar-refractivity contribution in [3.63, 3.8) is 0 Å². The largest absolute Gasteiger partial charge is 0.310 e. The van der Waals surface area contributed by atoms with Gasteiger partial charge in [0.2, 0.25) is 0 Å². The number of nitrogens with zero attached hydrogens (tertiary/aromatic N) is 3. The zero-order valence-corrected chi connectivity index (χ0v) is 30.2. The van der Waals surface area contributed by atoms with E-state index in [-0.39, 0.29) is 5.41 Å². The molecule has 0 amide bonds. The molecule has 54 heavy (non-hydrogen) atoms. The van der Waals surface area contributed by atoms with Crippen molar-refractivity contribution in [1.29, 1.82) is 0 Å². The summed E-state index contributed by atoms with van der Waals surface area (Å²) in [5, 5.41) is 2.24. The lowest BCUT2D eigenvalue weighted by atomic mass is 9.81. The summed E-state index contributed by atoms with van der Waals surface area (Å²) in [6.07, 6.45) is 0. The fraction of sp³-hybridized carbons (Fsp3) is 0.0588. The van der Waals surface area contributed by atoms with E-state index in [9.17, 15) is 0 Å². The van der Waals surface area contributed by atoms with Gasteiger partial charge in [-0.2, -0.15) is 0 Å². The monoisotopic (exact) mass is 691 g/mol. The standard InChI is InChI=1S/C51H37N3/c1-51(2)44-25-15-24-41(47(44)42-30-29-40(33-45(42)51)54(38-20-11-5-12-21-38)39-22-13-6-14-23-39)37-27-26-34-28-31-46-50(43(34)32-37)53-49(36-18-9-4-10-19-36)48(52-46)35-16-7-3-8-17-35/h3-33H,1-2H3. The summed E-state index contributed by atoms with van der Waals surface area (Å²) in [5.74, 6) is 0. The molecule has 0 saturated heterocycles. The summed E-state index contributed by atoms with van der Waals surface area (Å²) in [7, 11) is 0. The smallest absolute Gasteiger partial charge is 0.0973 e. The third-order valence-electron chi connectivity index (χ3n) is 11.0. The molecule has 1 aliphatic carbocycles. The maximum atomic E-state index is 5.43. The number of hydrogen-bond donors (Lipinski definition) is 0. The predicted molar refractivity (Wildman–Crippen MR) is 226 cm³/mol. The number of hydrogen-bond acceptors (Lipinski definition) is 3. The average molecular weight is 692 g/mol. The van der Waals surface area contributed by atoms with Crippen molar-refractivity contribution in [1.82, 2.24) is 9.97 Å². The van der Waals surface area contributed by atoms with Crippen LogP contribution in [0.5, 0.6) is 0 Å². The molecule has 3 heteroatoms. The minimum absolute atomic E-state index is 0.191. The minimum atomic E-state index is -0.191. The molecule has 0 fully saturated rings. The van der Waals surface area contributed by atoms with Crippen molar-refractivity contribution >= 4 is 38.9 Å². The van der Waals surface area contributed by atoms with E-state index in [1.807, 2.05) is 12.1 Å². The van der Waals surface area contributed by atoms with E-state index in [0.717, 1.165) is 61.4 Å². The number of para-hydroxylation sites is 2. The first kappa shape index (κ1) is 31.9. The van der Waals surface area contributed by atoms with Gasteiger partial charge in [0.1, 0.15) is 0 Å². The van der Waals surface area contributed by atoms with E-state index in [2.05, 4.69) is 195 Å². The summed E-state index contributed by atoms with van der Waals surface area (Å²) in [6, 6.07) is 67.0. The highest BCUT2D eigenvalue weighted by molar-refractivity contribution is 6.08. The Labute approximate surface area is 315 Å². The highest BCUT2D eigenvalue weighted by Crippen LogP contribution is 2.54. The van der Waals surface area contributed by atoms with Crippen LogP contribution in [0.1, 0.15) is 25.0 Å². The fourth-order valence-corrected chi connectivity index (χ4v) is 8.36. The van der Waals surface area contributed by atoms with Crippen LogP contribution in [0.2, 0.25) is 0 Å². The Morgan fingerprint density at radius 3 is 1.67 bits per heavy atom. The lowest BCUT2D eigenvalue weighted by Crippen LogP contribution is -2.16. The molecule has 0 bridgehead atoms.